The molecular weight excluding hydrogens is 369 g/mol. The number of nitrogens with one attached hydrogen (secondary N) is 1. The molecule has 1 N–H and O–H groups in total. The average molecular weight is 384 g/mol. The number of aryl methyl sites for hydroxylation is 1. The molecule has 0 saturated carbocycles. The Morgan fingerprint density at radius 1 is 1.11 bits per heavy atom. The van der Waals surface area contributed by atoms with Gasteiger partial charge in [0.1, 0.15) is 0 Å². The van der Waals surface area contributed by atoms with Crippen molar-refractivity contribution in [2.24, 2.45) is 0 Å². The van der Waals surface area contributed by atoms with Gasteiger partial charge in [-0.15, -0.1) is 0 Å². The van der Waals surface area contributed by atoms with Gasteiger partial charge in [-0.25, -0.2) is 0 Å². The van der Waals surface area contributed by atoms with E-state index in [1.54, 1.807) is 0 Å². The summed E-state index contributed by atoms with van der Waals surface area (Å²) in [6.45, 7) is 2.16. The zero-order valence-electron chi connectivity index (χ0n) is 10.7. The lowest BCUT2D eigenvalue weighted by Crippen LogP contribution is -2.20. The molecule has 3 rings (SSSR count). The van der Waals surface area contributed by atoms with Crippen molar-refractivity contribution in [2.75, 3.05) is 5.32 Å². The quantitative estimate of drug-likeness (QED) is 0.732. The Hall–Kier alpha value is -0.740. The topological polar surface area (TPSA) is 12.0 Å². The maximum Gasteiger partial charge on any atom is 0.0408 e. The highest BCUT2D eigenvalue weighted by atomic mass is 127. The molecule has 0 bridgehead atoms. The van der Waals surface area contributed by atoms with E-state index in [0.29, 0.717) is 6.04 Å². The largest absolute Gasteiger partial charge is 0.381 e. The number of hydrogen-bond donors (Lipinski definition) is 1. The Morgan fingerprint density at radius 2 is 1.89 bits per heavy atom. The standard InChI is InChI=1S/C16H15ClIN/c1-10-6-14(18)4-5-16(10)19-15-8-11-2-3-13(17)7-12(11)9-15/h2-7,15,19H,8-9H2,1H3. The summed E-state index contributed by atoms with van der Waals surface area (Å²) >= 11 is 8.40. The second-order valence-corrected chi connectivity index (χ2v) is 6.80. The first-order chi connectivity index (χ1) is 9.11. The molecule has 2 aromatic rings. The monoisotopic (exact) mass is 383 g/mol. The van der Waals surface area contributed by atoms with Crippen LogP contribution in [0.4, 0.5) is 5.69 Å². The van der Waals surface area contributed by atoms with Crippen LogP contribution in [0.1, 0.15) is 16.7 Å². The molecule has 1 aliphatic rings. The minimum absolute atomic E-state index is 0.479. The molecule has 1 nitrogen and oxygen atoms in total. The molecule has 0 fully saturated rings. The molecule has 0 aliphatic heterocycles. The average Bonchev–Trinajstić information content (AvgIpc) is 2.74. The van der Waals surface area contributed by atoms with Crippen LogP contribution in [0, 0.1) is 10.5 Å². The number of fused-ring (bicyclic) bond motifs is 1. The zero-order valence-corrected chi connectivity index (χ0v) is 13.6. The second kappa shape index (κ2) is 5.33. The maximum atomic E-state index is 6.05. The molecule has 0 aromatic heterocycles. The van der Waals surface area contributed by atoms with Gasteiger partial charge < -0.3 is 5.32 Å². The van der Waals surface area contributed by atoms with Gasteiger partial charge in [0.2, 0.25) is 0 Å². The van der Waals surface area contributed by atoms with Crippen molar-refractivity contribution in [3.05, 3.63) is 61.7 Å². The van der Waals surface area contributed by atoms with Crippen molar-refractivity contribution in [3.63, 3.8) is 0 Å². The number of hydrogen-bond acceptors (Lipinski definition) is 1. The van der Waals surface area contributed by atoms with Gasteiger partial charge in [0.15, 0.2) is 0 Å². The third-order valence-electron chi connectivity index (χ3n) is 3.65. The van der Waals surface area contributed by atoms with Crippen molar-refractivity contribution in [2.45, 2.75) is 25.8 Å². The van der Waals surface area contributed by atoms with Crippen LogP contribution >= 0.6 is 34.2 Å². The molecule has 2 aromatic carbocycles. The predicted octanol–water partition coefficient (Wildman–Crippen LogP) is 4.83. The van der Waals surface area contributed by atoms with E-state index in [-0.39, 0.29) is 0 Å². The summed E-state index contributed by atoms with van der Waals surface area (Å²) < 4.78 is 1.28. The lowest BCUT2D eigenvalue weighted by Gasteiger charge is -2.16. The molecule has 3 heteroatoms. The fourth-order valence-corrected chi connectivity index (χ4v) is 3.54. The van der Waals surface area contributed by atoms with Gasteiger partial charge in [-0.3, -0.25) is 0 Å². The van der Waals surface area contributed by atoms with Crippen LogP contribution in [-0.2, 0) is 12.8 Å². The van der Waals surface area contributed by atoms with Gasteiger partial charge in [-0.1, -0.05) is 17.7 Å². The van der Waals surface area contributed by atoms with Crippen LogP contribution in [0.25, 0.3) is 0 Å². The van der Waals surface area contributed by atoms with Crippen LogP contribution in [0.2, 0.25) is 5.02 Å². The summed E-state index contributed by atoms with van der Waals surface area (Å²) in [5.74, 6) is 0. The molecule has 1 unspecified atom stereocenters. The van der Waals surface area contributed by atoms with Gasteiger partial charge in [0.25, 0.3) is 0 Å². The first kappa shape index (κ1) is 13.3. The Bertz CT molecular complexity index is 624. The van der Waals surface area contributed by atoms with Crippen LogP contribution in [-0.4, -0.2) is 6.04 Å². The number of halogens is 2. The van der Waals surface area contributed by atoms with E-state index in [9.17, 15) is 0 Å². The zero-order chi connectivity index (χ0) is 13.4. The number of anilines is 1. The van der Waals surface area contributed by atoms with Gasteiger partial charge in [0.05, 0.1) is 0 Å². The summed E-state index contributed by atoms with van der Waals surface area (Å²) in [5.41, 5.74) is 5.35. The lowest BCUT2D eigenvalue weighted by molar-refractivity contribution is 0.773. The minimum atomic E-state index is 0.479. The Labute approximate surface area is 132 Å². The molecular formula is C16H15ClIN. The van der Waals surface area contributed by atoms with Crippen molar-refractivity contribution in [3.8, 4) is 0 Å². The first-order valence-corrected chi connectivity index (χ1v) is 7.87. The maximum absolute atomic E-state index is 6.05. The summed E-state index contributed by atoms with van der Waals surface area (Å²) in [6, 6.07) is 13.2. The summed E-state index contributed by atoms with van der Waals surface area (Å²) in [6.07, 6.45) is 2.14. The molecule has 0 heterocycles. The smallest absolute Gasteiger partial charge is 0.0408 e. The highest BCUT2D eigenvalue weighted by Crippen LogP contribution is 2.28. The van der Waals surface area contributed by atoms with Crippen molar-refractivity contribution in [1.29, 1.82) is 0 Å². The highest BCUT2D eigenvalue weighted by Gasteiger charge is 2.21. The van der Waals surface area contributed by atoms with Crippen molar-refractivity contribution in [1.82, 2.24) is 0 Å². The summed E-state index contributed by atoms with van der Waals surface area (Å²) in [7, 11) is 0. The number of rotatable bonds is 2. The minimum Gasteiger partial charge on any atom is -0.381 e. The summed E-state index contributed by atoms with van der Waals surface area (Å²) in [5, 5.41) is 4.49. The first-order valence-electron chi connectivity index (χ1n) is 6.42. The lowest BCUT2D eigenvalue weighted by atomic mass is 10.1. The third-order valence-corrected chi connectivity index (χ3v) is 4.56. The predicted molar refractivity (Wildman–Crippen MR) is 90.2 cm³/mol. The van der Waals surface area contributed by atoms with Gasteiger partial charge in [0, 0.05) is 20.3 Å². The Morgan fingerprint density at radius 3 is 2.68 bits per heavy atom. The van der Waals surface area contributed by atoms with E-state index in [2.05, 4.69) is 65.2 Å². The highest BCUT2D eigenvalue weighted by molar-refractivity contribution is 14.1. The van der Waals surface area contributed by atoms with E-state index < -0.39 is 0 Å². The SMILES string of the molecule is Cc1cc(I)ccc1NC1Cc2ccc(Cl)cc2C1. The fourth-order valence-electron chi connectivity index (χ4n) is 2.70. The third kappa shape index (κ3) is 2.90. The number of benzene rings is 2. The molecule has 1 atom stereocenters. The molecule has 0 radical (unpaired) electrons. The molecule has 0 amide bonds. The molecule has 1 aliphatic carbocycles. The van der Waals surface area contributed by atoms with Gasteiger partial charge >= 0.3 is 0 Å². The van der Waals surface area contributed by atoms with Gasteiger partial charge in [-0.2, -0.15) is 0 Å². The van der Waals surface area contributed by atoms with Crippen LogP contribution in [0.3, 0.4) is 0 Å². The van der Waals surface area contributed by atoms with E-state index in [1.165, 1.54) is 25.9 Å². The Kier molecular flexibility index (Phi) is 3.72. The van der Waals surface area contributed by atoms with Crippen LogP contribution < -0.4 is 5.32 Å². The molecule has 98 valence electrons. The fraction of sp³-hybridized carbons (Fsp3) is 0.250. The second-order valence-electron chi connectivity index (χ2n) is 5.12. The van der Waals surface area contributed by atoms with E-state index >= 15 is 0 Å². The van der Waals surface area contributed by atoms with Crippen molar-refractivity contribution >= 4 is 39.9 Å². The van der Waals surface area contributed by atoms with Crippen LogP contribution in [0.15, 0.2) is 36.4 Å². The van der Waals surface area contributed by atoms with Crippen molar-refractivity contribution < 1.29 is 0 Å². The molecule has 0 spiro atoms. The van der Waals surface area contributed by atoms with E-state index in [0.717, 1.165) is 17.9 Å². The normalized spacial score (nSPS) is 17.3. The van der Waals surface area contributed by atoms with Gasteiger partial charge in [-0.05, 0) is 89.4 Å². The Balaban J connectivity index is 1.77. The van der Waals surface area contributed by atoms with E-state index in [1.807, 2.05) is 6.07 Å². The van der Waals surface area contributed by atoms with E-state index in [4.69, 9.17) is 11.6 Å². The molecule has 0 saturated heterocycles. The molecule has 19 heavy (non-hydrogen) atoms. The summed E-state index contributed by atoms with van der Waals surface area (Å²) in [4.78, 5) is 0. The van der Waals surface area contributed by atoms with Crippen LogP contribution in [0.5, 0.6) is 0 Å².